The summed E-state index contributed by atoms with van der Waals surface area (Å²) in [7, 11) is 0. The van der Waals surface area contributed by atoms with E-state index in [1.54, 1.807) is 0 Å². The van der Waals surface area contributed by atoms with Gasteiger partial charge in [-0.1, -0.05) is 26.0 Å². The maximum Gasteiger partial charge on any atom is 0.253 e. The summed E-state index contributed by atoms with van der Waals surface area (Å²) in [6.07, 6.45) is 3.50. The summed E-state index contributed by atoms with van der Waals surface area (Å²) < 4.78 is 0. The number of benzene rings is 1. The Kier molecular flexibility index (Phi) is 6.64. The summed E-state index contributed by atoms with van der Waals surface area (Å²) in [6.45, 7) is 12.7. The molecule has 1 aromatic carbocycles. The number of hydrogen-bond donors (Lipinski definition) is 0. The Bertz CT molecular complexity index is 495. The SMILES string of the molecule is CCN(Cc1ccc(C(=O)N2CCCC(C)CC2)cc1)C(C)C. The second kappa shape index (κ2) is 8.49. The van der Waals surface area contributed by atoms with Crippen molar-refractivity contribution in [2.75, 3.05) is 19.6 Å². The second-order valence-corrected chi connectivity index (χ2v) is 7.18. The maximum absolute atomic E-state index is 12.7. The number of likely N-dealkylation sites (tertiary alicyclic amines) is 1. The van der Waals surface area contributed by atoms with Crippen LogP contribution in [0.3, 0.4) is 0 Å². The highest BCUT2D eigenvalue weighted by Crippen LogP contribution is 2.19. The van der Waals surface area contributed by atoms with Crippen molar-refractivity contribution in [2.24, 2.45) is 5.92 Å². The predicted octanol–water partition coefficient (Wildman–Crippen LogP) is 4.18. The zero-order valence-corrected chi connectivity index (χ0v) is 15.2. The van der Waals surface area contributed by atoms with E-state index in [9.17, 15) is 4.79 Å². The molecule has 1 atom stereocenters. The molecule has 1 aliphatic rings. The van der Waals surface area contributed by atoms with E-state index in [0.29, 0.717) is 6.04 Å². The average Bonchev–Trinajstić information content (AvgIpc) is 2.77. The Morgan fingerprint density at radius 3 is 2.52 bits per heavy atom. The quantitative estimate of drug-likeness (QED) is 0.813. The second-order valence-electron chi connectivity index (χ2n) is 7.18. The first-order valence-electron chi connectivity index (χ1n) is 9.13. The van der Waals surface area contributed by atoms with Crippen LogP contribution in [-0.4, -0.2) is 41.4 Å². The van der Waals surface area contributed by atoms with Crippen LogP contribution in [0.25, 0.3) is 0 Å². The highest BCUT2D eigenvalue weighted by atomic mass is 16.2. The average molecular weight is 316 g/mol. The first-order valence-corrected chi connectivity index (χ1v) is 9.13. The predicted molar refractivity (Wildman–Crippen MR) is 96.6 cm³/mol. The molecule has 0 N–H and O–H groups in total. The standard InChI is InChI=1S/C20H32N2O/c1-5-21(16(2)3)15-18-8-10-19(11-9-18)20(23)22-13-6-7-17(4)12-14-22/h8-11,16-17H,5-7,12-15H2,1-4H3. The van der Waals surface area contributed by atoms with Crippen LogP contribution in [0.15, 0.2) is 24.3 Å². The van der Waals surface area contributed by atoms with Crippen molar-refractivity contribution >= 4 is 5.91 Å². The molecule has 0 aliphatic carbocycles. The minimum atomic E-state index is 0.196. The lowest BCUT2D eigenvalue weighted by molar-refractivity contribution is 0.0760. The van der Waals surface area contributed by atoms with Gasteiger partial charge in [0.15, 0.2) is 0 Å². The molecule has 23 heavy (non-hydrogen) atoms. The van der Waals surface area contributed by atoms with Crippen molar-refractivity contribution in [1.29, 1.82) is 0 Å². The third kappa shape index (κ3) is 5.07. The molecule has 0 radical (unpaired) electrons. The minimum absolute atomic E-state index is 0.196. The van der Waals surface area contributed by atoms with E-state index < -0.39 is 0 Å². The fourth-order valence-corrected chi connectivity index (χ4v) is 3.30. The van der Waals surface area contributed by atoms with Crippen LogP contribution in [0, 0.1) is 5.92 Å². The van der Waals surface area contributed by atoms with Gasteiger partial charge in [0.1, 0.15) is 0 Å². The zero-order chi connectivity index (χ0) is 16.8. The molecule has 1 aromatic rings. The molecule has 1 fully saturated rings. The van der Waals surface area contributed by atoms with Crippen LogP contribution in [-0.2, 0) is 6.54 Å². The lowest BCUT2D eigenvalue weighted by atomic mass is 10.0. The largest absolute Gasteiger partial charge is 0.339 e. The molecule has 1 amide bonds. The van der Waals surface area contributed by atoms with E-state index in [2.05, 4.69) is 44.7 Å². The first kappa shape index (κ1) is 18.0. The van der Waals surface area contributed by atoms with Crippen LogP contribution in [0.1, 0.15) is 62.9 Å². The van der Waals surface area contributed by atoms with Gasteiger partial charge < -0.3 is 4.90 Å². The van der Waals surface area contributed by atoms with E-state index in [0.717, 1.165) is 50.5 Å². The molecule has 1 saturated heterocycles. The minimum Gasteiger partial charge on any atom is -0.339 e. The number of hydrogen-bond acceptors (Lipinski definition) is 2. The van der Waals surface area contributed by atoms with Crippen LogP contribution in [0.2, 0.25) is 0 Å². The van der Waals surface area contributed by atoms with E-state index >= 15 is 0 Å². The highest BCUT2D eigenvalue weighted by molar-refractivity contribution is 5.94. The maximum atomic E-state index is 12.7. The fourth-order valence-electron chi connectivity index (χ4n) is 3.30. The van der Waals surface area contributed by atoms with Crippen molar-refractivity contribution in [1.82, 2.24) is 9.80 Å². The number of carbonyl (C=O) groups excluding carboxylic acids is 1. The van der Waals surface area contributed by atoms with Crippen molar-refractivity contribution < 1.29 is 4.79 Å². The van der Waals surface area contributed by atoms with Gasteiger partial charge in [-0.2, -0.15) is 0 Å². The van der Waals surface area contributed by atoms with E-state index in [1.165, 1.54) is 12.0 Å². The van der Waals surface area contributed by atoms with E-state index in [4.69, 9.17) is 0 Å². The normalized spacial score (nSPS) is 19.2. The Hall–Kier alpha value is -1.35. The van der Waals surface area contributed by atoms with Gasteiger partial charge in [-0.25, -0.2) is 0 Å². The fraction of sp³-hybridized carbons (Fsp3) is 0.650. The van der Waals surface area contributed by atoms with Gasteiger partial charge in [0, 0.05) is 31.2 Å². The van der Waals surface area contributed by atoms with Crippen LogP contribution >= 0.6 is 0 Å². The molecule has 2 rings (SSSR count). The molecule has 1 heterocycles. The molecular weight excluding hydrogens is 284 g/mol. The smallest absolute Gasteiger partial charge is 0.253 e. The van der Waals surface area contributed by atoms with Crippen molar-refractivity contribution in [3.63, 3.8) is 0 Å². The lowest BCUT2D eigenvalue weighted by Gasteiger charge is -2.25. The summed E-state index contributed by atoms with van der Waals surface area (Å²) in [5.41, 5.74) is 2.11. The molecule has 1 aliphatic heterocycles. The molecule has 0 saturated carbocycles. The number of rotatable bonds is 5. The molecule has 1 unspecified atom stereocenters. The van der Waals surface area contributed by atoms with Crippen LogP contribution < -0.4 is 0 Å². The van der Waals surface area contributed by atoms with Gasteiger partial charge in [-0.05, 0) is 63.3 Å². The van der Waals surface area contributed by atoms with Gasteiger partial charge in [0.05, 0.1) is 0 Å². The Morgan fingerprint density at radius 1 is 1.22 bits per heavy atom. The van der Waals surface area contributed by atoms with Crippen molar-refractivity contribution in [2.45, 2.75) is 59.5 Å². The molecule has 128 valence electrons. The third-order valence-corrected chi connectivity index (χ3v) is 5.03. The third-order valence-electron chi connectivity index (χ3n) is 5.03. The summed E-state index contributed by atoms with van der Waals surface area (Å²) in [5, 5.41) is 0. The highest BCUT2D eigenvalue weighted by Gasteiger charge is 2.19. The van der Waals surface area contributed by atoms with Gasteiger partial charge >= 0.3 is 0 Å². The van der Waals surface area contributed by atoms with E-state index in [1.807, 2.05) is 17.0 Å². The van der Waals surface area contributed by atoms with Crippen molar-refractivity contribution in [3.8, 4) is 0 Å². The van der Waals surface area contributed by atoms with Gasteiger partial charge in [-0.15, -0.1) is 0 Å². The Labute approximate surface area is 141 Å². The lowest BCUT2D eigenvalue weighted by Crippen LogP contribution is -2.32. The molecule has 0 bridgehead atoms. The molecule has 3 heteroatoms. The van der Waals surface area contributed by atoms with Crippen molar-refractivity contribution in [3.05, 3.63) is 35.4 Å². The summed E-state index contributed by atoms with van der Waals surface area (Å²) in [4.78, 5) is 17.1. The van der Waals surface area contributed by atoms with Gasteiger partial charge in [-0.3, -0.25) is 9.69 Å². The first-order chi connectivity index (χ1) is 11.0. The summed E-state index contributed by atoms with van der Waals surface area (Å²) >= 11 is 0. The van der Waals surface area contributed by atoms with Crippen LogP contribution in [0.4, 0.5) is 0 Å². The van der Waals surface area contributed by atoms with E-state index in [-0.39, 0.29) is 5.91 Å². The zero-order valence-electron chi connectivity index (χ0n) is 15.2. The summed E-state index contributed by atoms with van der Waals surface area (Å²) in [6, 6.07) is 8.76. The Balaban J connectivity index is 1.99. The number of amides is 1. The number of carbonyl (C=O) groups is 1. The molecular formula is C20H32N2O. The number of nitrogens with zero attached hydrogens (tertiary/aromatic N) is 2. The topological polar surface area (TPSA) is 23.6 Å². The monoisotopic (exact) mass is 316 g/mol. The molecule has 3 nitrogen and oxygen atoms in total. The van der Waals surface area contributed by atoms with Gasteiger partial charge in [0.2, 0.25) is 0 Å². The Morgan fingerprint density at radius 2 is 1.91 bits per heavy atom. The molecule has 0 aromatic heterocycles. The van der Waals surface area contributed by atoms with Gasteiger partial charge in [0.25, 0.3) is 5.91 Å². The van der Waals surface area contributed by atoms with Crippen LogP contribution in [0.5, 0.6) is 0 Å². The summed E-state index contributed by atoms with van der Waals surface area (Å²) in [5.74, 6) is 0.938. The molecule has 0 spiro atoms.